The average Bonchev–Trinajstić information content (AvgIpc) is 1.61. The summed E-state index contributed by atoms with van der Waals surface area (Å²) in [5, 5.41) is 7.87. The first-order valence-electron chi connectivity index (χ1n) is 1.99. The van der Waals surface area contributed by atoms with Crippen molar-refractivity contribution in [3.63, 3.8) is 0 Å². The zero-order valence-electron chi connectivity index (χ0n) is 4.47. The number of hydrogen-bond acceptors (Lipinski definition) is 1. The third-order valence-corrected chi connectivity index (χ3v) is 0.372. The summed E-state index contributed by atoms with van der Waals surface area (Å²) >= 11 is 0. The van der Waals surface area contributed by atoms with Crippen molar-refractivity contribution >= 4 is 18.4 Å². The zero-order chi connectivity index (χ0) is 5.70. The number of rotatable bonds is 0. The molecule has 1 N–H and O–H groups in total. The van der Waals surface area contributed by atoms with Crippen molar-refractivity contribution in [2.75, 3.05) is 0 Å². The molecule has 3 heteroatoms. The molecule has 0 aromatic carbocycles. The number of aliphatic carboxylic acids is 1. The second-order valence-electron chi connectivity index (χ2n) is 0.960. The molecule has 0 unspecified atom stereocenters. The molecular weight excluding hydrogens is 128 g/mol. The summed E-state index contributed by atoms with van der Waals surface area (Å²) in [5.41, 5.74) is 0. The molecule has 0 radical (unpaired) electrons. The molecule has 0 saturated carbocycles. The lowest BCUT2D eigenvalue weighted by molar-refractivity contribution is -0.130. The first-order chi connectivity index (χ1) is 3.27. The smallest absolute Gasteiger partial charge is 0.381 e. The Morgan fingerprint density at radius 3 is 2.38 bits per heavy atom. The summed E-state index contributed by atoms with van der Waals surface area (Å²) in [6, 6.07) is 0. The van der Waals surface area contributed by atoms with Gasteiger partial charge in [0.05, 0.1) is 0 Å². The second-order valence-corrected chi connectivity index (χ2v) is 0.960. The first-order valence-corrected chi connectivity index (χ1v) is 1.99. The highest BCUT2D eigenvalue weighted by Gasteiger charge is 1.77. The predicted molar refractivity (Wildman–Crippen MR) is 33.0 cm³/mol. The lowest BCUT2D eigenvalue weighted by atomic mass is 10.5. The van der Waals surface area contributed by atoms with Gasteiger partial charge in [0, 0.05) is 12.3 Å². The molecule has 0 amide bonds. The Bertz CT molecular complexity index is 120. The minimum atomic E-state index is -1.05. The normalized spacial score (nSPS) is 5.62. The molecule has 0 spiro atoms. The number of hydrogen-bond donors (Lipinski definition) is 1. The van der Waals surface area contributed by atoms with E-state index in [1.807, 2.05) is 5.92 Å². The molecule has 8 heavy (non-hydrogen) atoms. The van der Waals surface area contributed by atoms with Gasteiger partial charge in [0.1, 0.15) is 0 Å². The molecule has 46 valence electrons. The van der Waals surface area contributed by atoms with E-state index >= 15 is 0 Å². The molecule has 0 bridgehead atoms. The van der Waals surface area contributed by atoms with Gasteiger partial charge in [-0.25, -0.2) is 4.79 Å². The minimum Gasteiger partial charge on any atom is -0.472 e. The third kappa shape index (κ3) is 9.01. The van der Waals surface area contributed by atoms with Gasteiger partial charge >= 0.3 is 5.97 Å². The number of carboxylic acids is 1. The van der Waals surface area contributed by atoms with Crippen molar-refractivity contribution in [3.05, 3.63) is 0 Å². The average molecular weight is 135 g/mol. The Balaban J connectivity index is 0. The predicted octanol–water partition coefficient (Wildman–Crippen LogP) is 0.906. The van der Waals surface area contributed by atoms with E-state index < -0.39 is 5.97 Å². The highest BCUT2D eigenvalue weighted by molar-refractivity contribution is 5.86. The van der Waals surface area contributed by atoms with Crippen LogP contribution in [0.5, 0.6) is 0 Å². The van der Waals surface area contributed by atoms with Gasteiger partial charge in [-0.2, -0.15) is 0 Å². The van der Waals surface area contributed by atoms with E-state index in [0.717, 1.165) is 0 Å². The molecule has 0 atom stereocenters. The van der Waals surface area contributed by atoms with Gasteiger partial charge in [-0.15, -0.1) is 12.4 Å². The third-order valence-electron chi connectivity index (χ3n) is 0.372. The molecule has 2 nitrogen and oxygen atoms in total. The fraction of sp³-hybridized carbons (Fsp3) is 0.400. The maximum Gasteiger partial charge on any atom is 0.381 e. The van der Waals surface area contributed by atoms with Gasteiger partial charge in [-0.1, -0.05) is 12.8 Å². The van der Waals surface area contributed by atoms with E-state index in [4.69, 9.17) is 5.11 Å². The summed E-state index contributed by atoms with van der Waals surface area (Å²) < 4.78 is 0. The molecular formula is C5H7ClO2. The van der Waals surface area contributed by atoms with Crippen LogP contribution in [0.2, 0.25) is 0 Å². The molecule has 0 heterocycles. The van der Waals surface area contributed by atoms with Gasteiger partial charge in [0.2, 0.25) is 0 Å². The molecule has 0 aliphatic carbocycles. The summed E-state index contributed by atoms with van der Waals surface area (Å²) in [6.45, 7) is 1.80. The van der Waals surface area contributed by atoms with E-state index in [1.165, 1.54) is 0 Å². The van der Waals surface area contributed by atoms with Crippen molar-refractivity contribution in [2.45, 2.75) is 13.3 Å². The van der Waals surface area contributed by atoms with Crippen LogP contribution in [0.3, 0.4) is 0 Å². The SMILES string of the molecule is CCC#CC(=O)O.Cl. The van der Waals surface area contributed by atoms with Gasteiger partial charge in [-0.3, -0.25) is 0 Å². The number of carboxylic acid groups (broad SMARTS) is 1. The second kappa shape index (κ2) is 6.32. The first kappa shape index (κ1) is 10.3. The van der Waals surface area contributed by atoms with Gasteiger partial charge < -0.3 is 5.11 Å². The molecule has 0 aliphatic heterocycles. The topological polar surface area (TPSA) is 37.3 Å². The van der Waals surface area contributed by atoms with Crippen LogP contribution in [0.1, 0.15) is 13.3 Å². The van der Waals surface area contributed by atoms with E-state index in [9.17, 15) is 4.79 Å². The Kier molecular flexibility index (Phi) is 8.16. The van der Waals surface area contributed by atoms with Crippen LogP contribution < -0.4 is 0 Å². The number of carbonyl (C=O) groups is 1. The van der Waals surface area contributed by atoms with E-state index in [2.05, 4.69) is 5.92 Å². The Labute approximate surface area is 54.3 Å². The Morgan fingerprint density at radius 2 is 2.25 bits per heavy atom. The minimum absolute atomic E-state index is 0. The molecule has 0 fully saturated rings. The summed E-state index contributed by atoms with van der Waals surface area (Å²) in [5.74, 6) is 3.31. The monoisotopic (exact) mass is 134 g/mol. The van der Waals surface area contributed by atoms with Crippen molar-refractivity contribution < 1.29 is 9.90 Å². The van der Waals surface area contributed by atoms with Crippen LogP contribution in [0.15, 0.2) is 0 Å². The van der Waals surface area contributed by atoms with E-state index in [1.54, 1.807) is 6.92 Å². The Morgan fingerprint density at radius 1 is 1.75 bits per heavy atom. The molecule has 0 aliphatic rings. The fourth-order valence-electron chi connectivity index (χ4n) is 0.164. The van der Waals surface area contributed by atoms with Gasteiger partial charge in [0.25, 0.3) is 0 Å². The molecule has 0 rings (SSSR count). The largest absolute Gasteiger partial charge is 0.472 e. The van der Waals surface area contributed by atoms with Gasteiger partial charge in [0.15, 0.2) is 0 Å². The van der Waals surface area contributed by atoms with Crippen LogP contribution in [-0.2, 0) is 4.79 Å². The highest BCUT2D eigenvalue weighted by Crippen LogP contribution is 1.65. The van der Waals surface area contributed by atoms with Crippen molar-refractivity contribution in [1.82, 2.24) is 0 Å². The highest BCUT2D eigenvalue weighted by atomic mass is 35.5. The lowest BCUT2D eigenvalue weighted by Crippen LogP contribution is -1.85. The maximum atomic E-state index is 9.58. The van der Waals surface area contributed by atoms with E-state index in [0.29, 0.717) is 6.42 Å². The molecule has 0 saturated heterocycles. The van der Waals surface area contributed by atoms with Gasteiger partial charge in [-0.05, 0) is 0 Å². The van der Waals surface area contributed by atoms with E-state index in [-0.39, 0.29) is 12.4 Å². The standard InChI is InChI=1S/C5H6O2.ClH/c1-2-3-4-5(6)7;/h2H2,1H3,(H,6,7);1H. The quantitative estimate of drug-likeness (QED) is 0.500. The number of halogens is 1. The van der Waals surface area contributed by atoms with Crippen LogP contribution >= 0.6 is 12.4 Å². The van der Waals surface area contributed by atoms with Crippen molar-refractivity contribution in [3.8, 4) is 11.8 Å². The van der Waals surface area contributed by atoms with Crippen molar-refractivity contribution in [1.29, 1.82) is 0 Å². The zero-order valence-corrected chi connectivity index (χ0v) is 5.29. The summed E-state index contributed by atoms with van der Waals surface area (Å²) in [4.78, 5) is 9.58. The lowest BCUT2D eigenvalue weighted by Gasteiger charge is -1.67. The molecule has 0 aromatic rings. The van der Waals surface area contributed by atoms with Crippen LogP contribution in [0.25, 0.3) is 0 Å². The van der Waals surface area contributed by atoms with Crippen LogP contribution in [0, 0.1) is 11.8 Å². The maximum absolute atomic E-state index is 9.58. The molecule has 0 aromatic heterocycles. The fourth-order valence-corrected chi connectivity index (χ4v) is 0.164. The Hall–Kier alpha value is -0.680. The summed E-state index contributed by atoms with van der Waals surface area (Å²) in [7, 11) is 0. The van der Waals surface area contributed by atoms with Crippen LogP contribution in [0.4, 0.5) is 0 Å². The van der Waals surface area contributed by atoms with Crippen molar-refractivity contribution in [2.24, 2.45) is 0 Å². The summed E-state index contributed by atoms with van der Waals surface area (Å²) in [6.07, 6.45) is 0.603. The van der Waals surface area contributed by atoms with Crippen LogP contribution in [-0.4, -0.2) is 11.1 Å².